The lowest BCUT2D eigenvalue weighted by Crippen LogP contribution is -2.52. The van der Waals surface area contributed by atoms with Gasteiger partial charge in [-0.25, -0.2) is 8.42 Å². The van der Waals surface area contributed by atoms with Crippen molar-refractivity contribution in [2.75, 3.05) is 11.5 Å². The van der Waals surface area contributed by atoms with Crippen molar-refractivity contribution in [3.05, 3.63) is 35.9 Å². The number of nitrogens with one attached hydrogen (secondary N) is 1. The van der Waals surface area contributed by atoms with Crippen molar-refractivity contribution in [2.45, 2.75) is 45.3 Å². The average molecular weight is 352 g/mol. The summed E-state index contributed by atoms with van der Waals surface area (Å²) in [5.41, 5.74) is 0.934. The number of hydrogen-bond donors (Lipinski definition) is 1. The van der Waals surface area contributed by atoms with Crippen LogP contribution in [-0.2, 0) is 26.0 Å². The van der Waals surface area contributed by atoms with Gasteiger partial charge in [0.1, 0.15) is 0 Å². The van der Waals surface area contributed by atoms with Gasteiger partial charge in [0.05, 0.1) is 23.6 Å². The first-order valence-corrected chi connectivity index (χ1v) is 10.0. The Hall–Kier alpha value is -1.89. The minimum Gasteiger partial charge on any atom is -0.350 e. The van der Waals surface area contributed by atoms with Crippen molar-refractivity contribution < 1.29 is 18.0 Å². The Labute approximate surface area is 143 Å². The molecule has 2 rings (SSSR count). The largest absolute Gasteiger partial charge is 0.350 e. The van der Waals surface area contributed by atoms with E-state index in [1.165, 1.54) is 0 Å². The normalized spacial score (nSPS) is 22.1. The second-order valence-electron chi connectivity index (χ2n) is 6.03. The van der Waals surface area contributed by atoms with E-state index < -0.39 is 21.9 Å². The Bertz CT molecular complexity index is 688. The highest BCUT2D eigenvalue weighted by molar-refractivity contribution is 7.91. The van der Waals surface area contributed by atoms with Gasteiger partial charge in [-0.15, -0.1) is 0 Å². The van der Waals surface area contributed by atoms with Crippen molar-refractivity contribution in [3.8, 4) is 0 Å². The zero-order valence-corrected chi connectivity index (χ0v) is 14.9. The summed E-state index contributed by atoms with van der Waals surface area (Å²) in [5, 5.41) is 2.77. The number of sulfone groups is 1. The van der Waals surface area contributed by atoms with Gasteiger partial charge in [0.15, 0.2) is 9.84 Å². The fourth-order valence-corrected chi connectivity index (χ4v) is 4.88. The molecule has 1 aromatic carbocycles. The standard InChI is InChI=1S/C17H24N2O4S/c1-3-16(20)18-14-11-24(22,23)12-15(14)19(17(21)4-2)10-13-8-6-5-7-9-13/h5-9,14-15H,3-4,10-12H2,1-2H3,(H,18,20)/t14-,15-/m1/s1. The summed E-state index contributed by atoms with van der Waals surface area (Å²) in [6, 6.07) is 8.37. The predicted molar refractivity (Wildman–Crippen MR) is 91.9 cm³/mol. The number of benzene rings is 1. The molecule has 2 atom stereocenters. The van der Waals surface area contributed by atoms with E-state index in [2.05, 4.69) is 5.32 Å². The fourth-order valence-electron chi connectivity index (χ4n) is 2.96. The maximum Gasteiger partial charge on any atom is 0.222 e. The number of nitrogens with zero attached hydrogens (tertiary/aromatic N) is 1. The first-order valence-electron chi connectivity index (χ1n) is 8.19. The molecule has 0 saturated carbocycles. The highest BCUT2D eigenvalue weighted by Gasteiger charge is 2.42. The molecule has 1 aliphatic rings. The minimum absolute atomic E-state index is 0.111. The maximum atomic E-state index is 12.4. The molecule has 1 saturated heterocycles. The number of hydrogen-bond acceptors (Lipinski definition) is 4. The minimum atomic E-state index is -3.29. The molecule has 0 aliphatic carbocycles. The number of amides is 2. The molecular weight excluding hydrogens is 328 g/mol. The Morgan fingerprint density at radius 3 is 2.38 bits per heavy atom. The lowest BCUT2D eigenvalue weighted by atomic mass is 10.1. The van der Waals surface area contributed by atoms with Crippen LogP contribution in [0.15, 0.2) is 30.3 Å². The molecule has 7 heteroatoms. The highest BCUT2D eigenvalue weighted by atomic mass is 32.2. The van der Waals surface area contributed by atoms with Gasteiger partial charge < -0.3 is 10.2 Å². The third kappa shape index (κ3) is 4.56. The molecule has 0 aromatic heterocycles. The Morgan fingerprint density at radius 2 is 1.79 bits per heavy atom. The van der Waals surface area contributed by atoms with Gasteiger partial charge in [0.25, 0.3) is 0 Å². The van der Waals surface area contributed by atoms with Gasteiger partial charge >= 0.3 is 0 Å². The SMILES string of the molecule is CCC(=O)N[C@@H]1CS(=O)(=O)C[C@H]1N(Cc1ccccc1)C(=O)CC. The van der Waals surface area contributed by atoms with Crippen LogP contribution in [0.2, 0.25) is 0 Å². The van der Waals surface area contributed by atoms with Crippen molar-refractivity contribution in [2.24, 2.45) is 0 Å². The fraction of sp³-hybridized carbons (Fsp3) is 0.529. The van der Waals surface area contributed by atoms with Crippen LogP contribution in [0.3, 0.4) is 0 Å². The third-order valence-electron chi connectivity index (χ3n) is 4.21. The van der Waals surface area contributed by atoms with Gasteiger partial charge in [-0.3, -0.25) is 9.59 Å². The van der Waals surface area contributed by atoms with E-state index in [-0.39, 0.29) is 36.2 Å². The van der Waals surface area contributed by atoms with E-state index in [1.807, 2.05) is 30.3 Å². The second kappa shape index (κ2) is 7.79. The zero-order valence-electron chi connectivity index (χ0n) is 14.1. The second-order valence-corrected chi connectivity index (χ2v) is 8.19. The van der Waals surface area contributed by atoms with E-state index in [4.69, 9.17) is 0 Å². The van der Waals surface area contributed by atoms with Crippen molar-refractivity contribution in [3.63, 3.8) is 0 Å². The molecule has 0 unspecified atom stereocenters. The quantitative estimate of drug-likeness (QED) is 0.831. The molecule has 2 amide bonds. The summed E-state index contributed by atoms with van der Waals surface area (Å²) in [6.45, 7) is 3.81. The van der Waals surface area contributed by atoms with Crippen molar-refractivity contribution in [1.82, 2.24) is 10.2 Å². The van der Waals surface area contributed by atoms with Gasteiger partial charge in [0.2, 0.25) is 11.8 Å². The average Bonchev–Trinajstić information content (AvgIpc) is 2.86. The maximum absolute atomic E-state index is 12.4. The summed E-state index contributed by atoms with van der Waals surface area (Å²) >= 11 is 0. The van der Waals surface area contributed by atoms with Gasteiger partial charge in [0, 0.05) is 19.4 Å². The molecule has 1 N–H and O–H groups in total. The highest BCUT2D eigenvalue weighted by Crippen LogP contribution is 2.22. The Morgan fingerprint density at radius 1 is 1.12 bits per heavy atom. The van der Waals surface area contributed by atoms with Gasteiger partial charge in [-0.1, -0.05) is 44.2 Å². The van der Waals surface area contributed by atoms with E-state index in [9.17, 15) is 18.0 Å². The van der Waals surface area contributed by atoms with Crippen LogP contribution in [0, 0.1) is 0 Å². The van der Waals surface area contributed by atoms with E-state index in [0.29, 0.717) is 6.54 Å². The Balaban J connectivity index is 2.28. The summed E-state index contributed by atoms with van der Waals surface area (Å²) in [7, 11) is -3.29. The zero-order chi connectivity index (χ0) is 17.7. The van der Waals surface area contributed by atoms with Crippen LogP contribution in [0.1, 0.15) is 32.3 Å². The van der Waals surface area contributed by atoms with E-state index in [0.717, 1.165) is 5.56 Å². The summed E-state index contributed by atoms with van der Waals surface area (Å²) in [5.74, 6) is -0.547. The number of rotatable bonds is 6. The lowest BCUT2D eigenvalue weighted by molar-refractivity contribution is -0.134. The summed E-state index contributed by atoms with van der Waals surface area (Å²) in [6.07, 6.45) is 0.571. The molecule has 0 radical (unpaired) electrons. The first kappa shape index (κ1) is 18.4. The van der Waals surface area contributed by atoms with E-state index in [1.54, 1.807) is 18.7 Å². The molecule has 0 bridgehead atoms. The van der Waals surface area contributed by atoms with Crippen LogP contribution in [0.4, 0.5) is 0 Å². The number of carbonyl (C=O) groups is 2. The first-order chi connectivity index (χ1) is 11.4. The lowest BCUT2D eigenvalue weighted by Gasteiger charge is -2.32. The molecular formula is C17H24N2O4S. The van der Waals surface area contributed by atoms with Gasteiger partial charge in [-0.05, 0) is 5.56 Å². The molecule has 6 nitrogen and oxygen atoms in total. The van der Waals surface area contributed by atoms with Crippen LogP contribution in [0.25, 0.3) is 0 Å². The van der Waals surface area contributed by atoms with Crippen LogP contribution < -0.4 is 5.32 Å². The molecule has 1 heterocycles. The predicted octanol–water partition coefficient (Wildman–Crippen LogP) is 1.12. The molecule has 132 valence electrons. The molecule has 0 spiro atoms. The molecule has 24 heavy (non-hydrogen) atoms. The third-order valence-corrected chi connectivity index (χ3v) is 5.93. The monoisotopic (exact) mass is 352 g/mol. The van der Waals surface area contributed by atoms with Crippen LogP contribution >= 0.6 is 0 Å². The molecule has 1 aromatic rings. The summed E-state index contributed by atoms with van der Waals surface area (Å²) < 4.78 is 24.2. The van der Waals surface area contributed by atoms with Crippen molar-refractivity contribution in [1.29, 1.82) is 0 Å². The number of carbonyl (C=O) groups excluding carboxylic acids is 2. The topological polar surface area (TPSA) is 83.6 Å². The summed E-state index contributed by atoms with van der Waals surface area (Å²) in [4.78, 5) is 25.8. The van der Waals surface area contributed by atoms with Gasteiger partial charge in [-0.2, -0.15) is 0 Å². The van der Waals surface area contributed by atoms with E-state index >= 15 is 0 Å². The smallest absolute Gasteiger partial charge is 0.222 e. The van der Waals surface area contributed by atoms with Crippen LogP contribution in [-0.4, -0.2) is 48.7 Å². The van der Waals surface area contributed by atoms with Crippen molar-refractivity contribution >= 4 is 21.7 Å². The molecule has 1 aliphatic heterocycles. The van der Waals surface area contributed by atoms with Crippen LogP contribution in [0.5, 0.6) is 0 Å². The molecule has 1 fully saturated rings. The Kier molecular flexibility index (Phi) is 5.99.